The van der Waals surface area contributed by atoms with Gasteiger partial charge < -0.3 is 9.73 Å². The lowest BCUT2D eigenvalue weighted by Gasteiger charge is -2.11. The van der Waals surface area contributed by atoms with Crippen molar-refractivity contribution in [2.45, 2.75) is 26.7 Å². The van der Waals surface area contributed by atoms with E-state index < -0.39 is 0 Å². The largest absolute Gasteiger partial charge is 0.455 e. The first-order valence-corrected chi connectivity index (χ1v) is 9.95. The Bertz CT molecular complexity index is 1260. The molecule has 1 amide bonds. The first kappa shape index (κ1) is 19.6. The number of para-hydroxylation sites is 1. The minimum Gasteiger partial charge on any atom is -0.455 e. The van der Waals surface area contributed by atoms with Crippen molar-refractivity contribution in [3.63, 3.8) is 0 Å². The number of nitrogens with zero attached hydrogens (tertiary/aromatic N) is 1. The fourth-order valence-corrected chi connectivity index (χ4v) is 3.56. The highest BCUT2D eigenvalue weighted by Gasteiger charge is 2.18. The number of hydrogen-bond donors (Lipinski definition) is 2. The Kier molecular flexibility index (Phi) is 5.48. The van der Waals surface area contributed by atoms with Crippen molar-refractivity contribution in [2.75, 3.05) is 6.54 Å². The predicted octanol–water partition coefficient (Wildman–Crippen LogP) is 4.16. The molecular weight excluding hydrogens is 378 g/mol. The molecule has 0 aliphatic heterocycles. The van der Waals surface area contributed by atoms with Crippen LogP contribution >= 0.6 is 0 Å². The summed E-state index contributed by atoms with van der Waals surface area (Å²) in [5.41, 5.74) is 4.07. The molecule has 6 heteroatoms. The van der Waals surface area contributed by atoms with Crippen LogP contribution in [0, 0.1) is 13.8 Å². The van der Waals surface area contributed by atoms with E-state index >= 15 is 0 Å². The molecule has 0 aliphatic rings. The summed E-state index contributed by atoms with van der Waals surface area (Å²) in [6, 6.07) is 14.5. The lowest BCUT2D eigenvalue weighted by molar-refractivity contribution is 0.0954. The molecule has 2 N–H and O–H groups in total. The predicted molar refractivity (Wildman–Crippen MR) is 117 cm³/mol. The van der Waals surface area contributed by atoms with Crippen LogP contribution in [-0.4, -0.2) is 22.6 Å². The first-order valence-electron chi connectivity index (χ1n) is 9.95. The normalized spacial score (nSPS) is 11.0. The van der Waals surface area contributed by atoms with Gasteiger partial charge >= 0.3 is 0 Å². The monoisotopic (exact) mass is 401 g/mol. The number of hydrogen-bond acceptors (Lipinski definition) is 4. The van der Waals surface area contributed by atoms with Crippen LogP contribution in [0.15, 0.2) is 63.9 Å². The van der Waals surface area contributed by atoms with E-state index in [2.05, 4.69) is 15.5 Å². The highest BCUT2D eigenvalue weighted by molar-refractivity contribution is 6.05. The van der Waals surface area contributed by atoms with Gasteiger partial charge in [-0.2, -0.15) is 5.10 Å². The molecule has 4 rings (SSSR count). The molecular formula is C24H23N3O3. The lowest BCUT2D eigenvalue weighted by Crippen LogP contribution is -2.25. The zero-order valence-corrected chi connectivity index (χ0v) is 17.0. The standard InChI is InChI=1S/C24H23N3O3/c1-15-21(28)19-11-6-12-20(23(19)30-22(15)17-8-4-3-5-9-17)24(29)25-13-7-10-18-14-26-27-16(18)2/h3-6,8-9,11-12,14H,7,10,13H2,1-2H3,(H,25,29)(H,26,27). The number of aromatic nitrogens is 2. The van der Waals surface area contributed by atoms with Gasteiger partial charge in [-0.15, -0.1) is 0 Å². The van der Waals surface area contributed by atoms with Crippen LogP contribution in [0.3, 0.4) is 0 Å². The zero-order chi connectivity index (χ0) is 21.1. The van der Waals surface area contributed by atoms with Gasteiger partial charge in [-0.3, -0.25) is 14.7 Å². The third kappa shape index (κ3) is 3.76. The second-order valence-corrected chi connectivity index (χ2v) is 7.31. The molecule has 0 atom stereocenters. The van der Waals surface area contributed by atoms with Gasteiger partial charge in [-0.05, 0) is 44.4 Å². The van der Waals surface area contributed by atoms with E-state index in [4.69, 9.17) is 4.42 Å². The summed E-state index contributed by atoms with van der Waals surface area (Å²) >= 11 is 0. The third-order valence-corrected chi connectivity index (χ3v) is 5.27. The Hall–Kier alpha value is -3.67. The van der Waals surface area contributed by atoms with Crippen LogP contribution in [0.4, 0.5) is 0 Å². The summed E-state index contributed by atoms with van der Waals surface area (Å²) in [6.45, 7) is 4.24. The average Bonchev–Trinajstić information content (AvgIpc) is 3.18. The number of fused-ring (bicyclic) bond motifs is 1. The Morgan fingerprint density at radius 2 is 1.90 bits per heavy atom. The summed E-state index contributed by atoms with van der Waals surface area (Å²) in [5, 5.41) is 10.3. The summed E-state index contributed by atoms with van der Waals surface area (Å²) in [5.74, 6) is 0.235. The summed E-state index contributed by atoms with van der Waals surface area (Å²) in [6.07, 6.45) is 3.42. The maximum absolute atomic E-state index is 12.9. The Morgan fingerprint density at radius 1 is 1.10 bits per heavy atom. The van der Waals surface area contributed by atoms with Gasteiger partial charge in [0.1, 0.15) is 5.76 Å². The SMILES string of the molecule is Cc1[nH]ncc1CCCNC(=O)c1cccc2c(=O)c(C)c(-c3ccccc3)oc12. The molecule has 0 radical (unpaired) electrons. The van der Waals surface area contributed by atoms with Gasteiger partial charge in [-0.1, -0.05) is 36.4 Å². The molecule has 6 nitrogen and oxygen atoms in total. The summed E-state index contributed by atoms with van der Waals surface area (Å²) in [4.78, 5) is 25.8. The maximum Gasteiger partial charge on any atom is 0.255 e. The topological polar surface area (TPSA) is 88.0 Å². The quantitative estimate of drug-likeness (QED) is 0.475. The number of carbonyl (C=O) groups excluding carboxylic acids is 1. The van der Waals surface area contributed by atoms with Gasteiger partial charge in [0.25, 0.3) is 5.91 Å². The van der Waals surface area contributed by atoms with E-state index in [1.165, 1.54) is 0 Å². The number of rotatable bonds is 6. The van der Waals surface area contributed by atoms with E-state index in [-0.39, 0.29) is 11.3 Å². The molecule has 30 heavy (non-hydrogen) atoms. The van der Waals surface area contributed by atoms with Gasteiger partial charge in [0.15, 0.2) is 11.0 Å². The number of aromatic amines is 1. The van der Waals surface area contributed by atoms with Crippen molar-refractivity contribution < 1.29 is 9.21 Å². The number of H-pyrrole nitrogens is 1. The van der Waals surface area contributed by atoms with E-state index in [1.807, 2.05) is 43.5 Å². The molecule has 0 saturated heterocycles. The molecule has 0 bridgehead atoms. The Labute approximate surface area is 173 Å². The number of carbonyl (C=O) groups is 1. The van der Waals surface area contributed by atoms with Crippen LogP contribution in [0.1, 0.15) is 33.6 Å². The number of aryl methyl sites for hydroxylation is 2. The van der Waals surface area contributed by atoms with Crippen molar-refractivity contribution in [2.24, 2.45) is 0 Å². The second-order valence-electron chi connectivity index (χ2n) is 7.31. The smallest absolute Gasteiger partial charge is 0.255 e. The zero-order valence-electron chi connectivity index (χ0n) is 17.0. The Balaban J connectivity index is 1.60. The van der Waals surface area contributed by atoms with Crippen molar-refractivity contribution in [3.05, 3.63) is 87.3 Å². The molecule has 0 unspecified atom stereocenters. The van der Waals surface area contributed by atoms with Gasteiger partial charge in [0, 0.05) is 23.4 Å². The molecule has 4 aromatic rings. The van der Waals surface area contributed by atoms with Crippen molar-refractivity contribution in [3.8, 4) is 11.3 Å². The molecule has 0 fully saturated rings. The highest BCUT2D eigenvalue weighted by atomic mass is 16.3. The molecule has 2 aromatic heterocycles. The first-order chi connectivity index (χ1) is 14.6. The van der Waals surface area contributed by atoms with Crippen LogP contribution in [0.5, 0.6) is 0 Å². The highest BCUT2D eigenvalue weighted by Crippen LogP contribution is 2.27. The van der Waals surface area contributed by atoms with Gasteiger partial charge in [0.05, 0.1) is 17.1 Å². The molecule has 0 saturated carbocycles. The molecule has 0 aliphatic carbocycles. The van der Waals surface area contributed by atoms with Crippen LogP contribution in [-0.2, 0) is 6.42 Å². The van der Waals surface area contributed by atoms with E-state index in [9.17, 15) is 9.59 Å². The van der Waals surface area contributed by atoms with E-state index in [0.717, 1.165) is 29.7 Å². The van der Waals surface area contributed by atoms with Crippen molar-refractivity contribution in [1.82, 2.24) is 15.5 Å². The molecule has 2 heterocycles. The van der Waals surface area contributed by atoms with Crippen LogP contribution in [0.25, 0.3) is 22.3 Å². The number of benzene rings is 2. The number of amides is 1. The van der Waals surface area contributed by atoms with E-state index in [1.54, 1.807) is 25.1 Å². The summed E-state index contributed by atoms with van der Waals surface area (Å²) in [7, 11) is 0. The van der Waals surface area contributed by atoms with E-state index in [0.29, 0.717) is 34.4 Å². The fraction of sp³-hybridized carbons (Fsp3) is 0.208. The average molecular weight is 401 g/mol. The maximum atomic E-state index is 12.9. The molecule has 152 valence electrons. The minimum absolute atomic E-state index is 0.125. The second kappa shape index (κ2) is 8.37. The summed E-state index contributed by atoms with van der Waals surface area (Å²) < 4.78 is 6.12. The van der Waals surface area contributed by atoms with Crippen LogP contribution < -0.4 is 10.7 Å². The fourth-order valence-electron chi connectivity index (χ4n) is 3.56. The number of nitrogens with one attached hydrogen (secondary N) is 2. The van der Waals surface area contributed by atoms with Gasteiger partial charge in [0.2, 0.25) is 0 Å². The third-order valence-electron chi connectivity index (χ3n) is 5.27. The Morgan fingerprint density at radius 3 is 2.63 bits per heavy atom. The van der Waals surface area contributed by atoms with Crippen molar-refractivity contribution in [1.29, 1.82) is 0 Å². The van der Waals surface area contributed by atoms with Crippen LogP contribution in [0.2, 0.25) is 0 Å². The van der Waals surface area contributed by atoms with Crippen molar-refractivity contribution >= 4 is 16.9 Å². The lowest BCUT2D eigenvalue weighted by atomic mass is 10.0. The van der Waals surface area contributed by atoms with Gasteiger partial charge in [-0.25, -0.2) is 0 Å². The minimum atomic E-state index is -0.254. The molecule has 2 aromatic carbocycles. The molecule has 0 spiro atoms.